The fourth-order valence-electron chi connectivity index (χ4n) is 2.78. The van der Waals surface area contributed by atoms with Crippen LogP contribution in [0.2, 0.25) is 0 Å². The number of aryl methyl sites for hydroxylation is 1. The molecule has 25 heavy (non-hydrogen) atoms. The lowest BCUT2D eigenvalue weighted by Crippen LogP contribution is -2.36. The molecule has 0 saturated heterocycles. The summed E-state index contributed by atoms with van der Waals surface area (Å²) in [6.45, 7) is 5.32. The summed E-state index contributed by atoms with van der Waals surface area (Å²) < 4.78 is 5.02. The van der Waals surface area contributed by atoms with E-state index in [1.807, 2.05) is 26.0 Å². The topological polar surface area (TPSA) is 87.3 Å². The first-order valence-electron chi connectivity index (χ1n) is 8.37. The quantitative estimate of drug-likeness (QED) is 0.762. The van der Waals surface area contributed by atoms with Gasteiger partial charge >= 0.3 is 0 Å². The second-order valence-electron chi connectivity index (χ2n) is 6.49. The van der Waals surface area contributed by atoms with Gasteiger partial charge in [-0.1, -0.05) is 6.92 Å². The molecule has 0 bridgehead atoms. The van der Waals surface area contributed by atoms with Crippen molar-refractivity contribution in [1.29, 1.82) is 0 Å². The van der Waals surface area contributed by atoms with Gasteiger partial charge in [0, 0.05) is 45.7 Å². The Morgan fingerprint density at radius 2 is 2.16 bits per heavy atom. The lowest BCUT2D eigenvalue weighted by atomic mass is 10.1. The van der Waals surface area contributed by atoms with E-state index in [4.69, 9.17) is 4.74 Å². The number of carbonyl (C=O) groups excluding carboxylic acids is 2. The van der Waals surface area contributed by atoms with Crippen LogP contribution >= 0.6 is 0 Å². The van der Waals surface area contributed by atoms with Gasteiger partial charge in [0.25, 0.3) is 5.91 Å². The number of aromatic amines is 1. The number of methoxy groups -OCH3 is 1. The number of hydrogen-bond donors (Lipinski definition) is 2. The number of H-pyrrole nitrogens is 1. The van der Waals surface area contributed by atoms with Gasteiger partial charge < -0.3 is 15.0 Å². The number of likely N-dealkylation sites (N-methyl/N-ethyl adjacent to an activating group) is 1. The van der Waals surface area contributed by atoms with Gasteiger partial charge in [-0.2, -0.15) is 5.10 Å². The van der Waals surface area contributed by atoms with Crippen molar-refractivity contribution >= 4 is 22.7 Å². The molecule has 136 valence electrons. The summed E-state index contributed by atoms with van der Waals surface area (Å²) in [5.74, 6) is 0.0437. The molecule has 2 amide bonds. The second kappa shape index (κ2) is 8.62. The molecule has 0 saturated carbocycles. The number of amides is 2. The summed E-state index contributed by atoms with van der Waals surface area (Å²) in [7, 11) is 3.35. The molecule has 0 aliphatic heterocycles. The molecule has 1 heterocycles. The third-order valence-electron chi connectivity index (χ3n) is 4.02. The lowest BCUT2D eigenvalue weighted by molar-refractivity contribution is -0.122. The molecule has 0 aliphatic rings. The molecule has 1 aromatic carbocycles. The zero-order valence-corrected chi connectivity index (χ0v) is 15.3. The molecule has 0 radical (unpaired) electrons. The first kappa shape index (κ1) is 18.9. The summed E-state index contributed by atoms with van der Waals surface area (Å²) in [4.78, 5) is 26.2. The van der Waals surface area contributed by atoms with Gasteiger partial charge in [0.05, 0.1) is 17.3 Å². The minimum atomic E-state index is -0.0973. The molecule has 0 aliphatic carbocycles. The van der Waals surface area contributed by atoms with E-state index in [1.165, 1.54) is 0 Å². The SMILES string of the molecule is COCC(C)CC(=O)NCCN(C)C(=O)c1cc(C)cc2cn[nH]c12. The third-order valence-corrected chi connectivity index (χ3v) is 4.02. The average molecular weight is 346 g/mol. The van der Waals surface area contributed by atoms with Gasteiger partial charge in [-0.3, -0.25) is 14.7 Å². The molecule has 7 heteroatoms. The highest BCUT2D eigenvalue weighted by atomic mass is 16.5. The first-order valence-corrected chi connectivity index (χ1v) is 8.37. The minimum Gasteiger partial charge on any atom is -0.384 e. The highest BCUT2D eigenvalue weighted by Gasteiger charge is 2.17. The molecule has 1 unspecified atom stereocenters. The summed E-state index contributed by atoms with van der Waals surface area (Å²) in [5, 5.41) is 10.6. The van der Waals surface area contributed by atoms with Crippen LogP contribution in [-0.2, 0) is 9.53 Å². The van der Waals surface area contributed by atoms with Crippen molar-refractivity contribution in [2.75, 3.05) is 33.9 Å². The van der Waals surface area contributed by atoms with Crippen molar-refractivity contribution < 1.29 is 14.3 Å². The Balaban J connectivity index is 1.90. The van der Waals surface area contributed by atoms with Crippen LogP contribution in [0.25, 0.3) is 10.9 Å². The fourth-order valence-corrected chi connectivity index (χ4v) is 2.78. The Kier molecular flexibility index (Phi) is 6.52. The van der Waals surface area contributed by atoms with Crippen LogP contribution in [0.15, 0.2) is 18.3 Å². The van der Waals surface area contributed by atoms with E-state index in [0.29, 0.717) is 31.7 Å². The van der Waals surface area contributed by atoms with Gasteiger partial charge in [0.15, 0.2) is 0 Å². The van der Waals surface area contributed by atoms with Crippen LogP contribution in [0.1, 0.15) is 29.3 Å². The predicted molar refractivity (Wildman–Crippen MR) is 96.5 cm³/mol. The summed E-state index contributed by atoms with van der Waals surface area (Å²) in [6, 6.07) is 3.83. The van der Waals surface area contributed by atoms with Crippen LogP contribution in [0.4, 0.5) is 0 Å². The van der Waals surface area contributed by atoms with Crippen LogP contribution in [0.3, 0.4) is 0 Å². The number of benzene rings is 1. The predicted octanol–water partition coefficient (Wildman–Crippen LogP) is 1.73. The van der Waals surface area contributed by atoms with Crippen molar-refractivity contribution in [1.82, 2.24) is 20.4 Å². The number of aromatic nitrogens is 2. The Morgan fingerprint density at radius 3 is 2.88 bits per heavy atom. The molecule has 2 aromatic rings. The summed E-state index contributed by atoms with van der Waals surface area (Å²) in [6.07, 6.45) is 2.12. The van der Waals surface area contributed by atoms with Crippen molar-refractivity contribution in [3.63, 3.8) is 0 Å². The molecule has 2 N–H and O–H groups in total. The number of carbonyl (C=O) groups is 2. The van der Waals surface area contributed by atoms with E-state index in [-0.39, 0.29) is 17.7 Å². The van der Waals surface area contributed by atoms with E-state index >= 15 is 0 Å². The summed E-state index contributed by atoms with van der Waals surface area (Å²) in [5.41, 5.74) is 2.33. The zero-order chi connectivity index (χ0) is 18.4. The number of nitrogens with zero attached hydrogens (tertiary/aromatic N) is 2. The summed E-state index contributed by atoms with van der Waals surface area (Å²) >= 11 is 0. The Labute approximate surface area is 147 Å². The lowest BCUT2D eigenvalue weighted by Gasteiger charge is -2.18. The van der Waals surface area contributed by atoms with Crippen molar-refractivity contribution in [2.45, 2.75) is 20.3 Å². The smallest absolute Gasteiger partial charge is 0.255 e. The molecule has 1 aromatic heterocycles. The Hall–Kier alpha value is -2.41. The van der Waals surface area contributed by atoms with Crippen molar-refractivity contribution in [3.8, 4) is 0 Å². The van der Waals surface area contributed by atoms with E-state index < -0.39 is 0 Å². The molecule has 0 spiro atoms. The number of nitrogens with one attached hydrogen (secondary N) is 2. The van der Waals surface area contributed by atoms with E-state index in [0.717, 1.165) is 16.5 Å². The molecular weight excluding hydrogens is 320 g/mol. The maximum absolute atomic E-state index is 12.7. The standard InChI is InChI=1S/C18H26N4O3/c1-12-7-14-10-20-21-17(14)15(8-12)18(24)22(3)6-5-19-16(23)9-13(2)11-25-4/h7-8,10,13H,5-6,9,11H2,1-4H3,(H,19,23)(H,20,21). The number of ether oxygens (including phenoxy) is 1. The van der Waals surface area contributed by atoms with Crippen LogP contribution in [0.5, 0.6) is 0 Å². The van der Waals surface area contributed by atoms with Gasteiger partial charge in [-0.15, -0.1) is 0 Å². The van der Waals surface area contributed by atoms with Crippen molar-refractivity contribution in [2.24, 2.45) is 5.92 Å². The fraction of sp³-hybridized carbons (Fsp3) is 0.500. The Morgan fingerprint density at radius 1 is 1.40 bits per heavy atom. The first-order chi connectivity index (χ1) is 11.9. The van der Waals surface area contributed by atoms with Gasteiger partial charge in [0.2, 0.25) is 5.91 Å². The molecule has 0 fully saturated rings. The molecule has 7 nitrogen and oxygen atoms in total. The second-order valence-corrected chi connectivity index (χ2v) is 6.49. The molecular formula is C18H26N4O3. The van der Waals surface area contributed by atoms with Crippen LogP contribution < -0.4 is 5.32 Å². The normalized spacial score (nSPS) is 12.2. The highest BCUT2D eigenvalue weighted by molar-refractivity contribution is 6.05. The highest BCUT2D eigenvalue weighted by Crippen LogP contribution is 2.19. The average Bonchev–Trinajstić information content (AvgIpc) is 3.01. The Bertz CT molecular complexity index is 741. The maximum atomic E-state index is 12.7. The minimum absolute atomic E-state index is 0.0306. The van der Waals surface area contributed by atoms with E-state index in [1.54, 1.807) is 25.3 Å². The monoisotopic (exact) mass is 346 g/mol. The van der Waals surface area contributed by atoms with Gasteiger partial charge in [-0.05, 0) is 30.5 Å². The third kappa shape index (κ3) is 5.03. The number of fused-ring (bicyclic) bond motifs is 1. The molecule has 1 atom stereocenters. The van der Waals surface area contributed by atoms with Gasteiger partial charge in [-0.25, -0.2) is 0 Å². The zero-order valence-electron chi connectivity index (χ0n) is 15.3. The number of rotatable bonds is 8. The van der Waals surface area contributed by atoms with E-state index in [2.05, 4.69) is 15.5 Å². The maximum Gasteiger partial charge on any atom is 0.255 e. The van der Waals surface area contributed by atoms with Crippen LogP contribution in [0, 0.1) is 12.8 Å². The van der Waals surface area contributed by atoms with Crippen molar-refractivity contribution in [3.05, 3.63) is 29.5 Å². The molecule has 2 rings (SSSR count). The van der Waals surface area contributed by atoms with Crippen LogP contribution in [-0.4, -0.2) is 60.8 Å². The number of hydrogen-bond acceptors (Lipinski definition) is 4. The van der Waals surface area contributed by atoms with Gasteiger partial charge in [0.1, 0.15) is 0 Å². The van der Waals surface area contributed by atoms with E-state index in [9.17, 15) is 9.59 Å². The largest absolute Gasteiger partial charge is 0.384 e.